The molecular formula is C15H15ClN2O3. The highest BCUT2D eigenvalue weighted by Gasteiger charge is 2.26. The van der Waals surface area contributed by atoms with Gasteiger partial charge in [0, 0.05) is 29.1 Å². The van der Waals surface area contributed by atoms with Crippen LogP contribution in [-0.2, 0) is 4.79 Å². The van der Waals surface area contributed by atoms with Crippen LogP contribution in [0.4, 0.5) is 0 Å². The number of amides is 2. The second kappa shape index (κ2) is 5.41. The Balaban J connectivity index is 1.97. The molecule has 0 aliphatic carbocycles. The summed E-state index contributed by atoms with van der Waals surface area (Å²) in [5.41, 5.74) is 1.38. The second-order valence-corrected chi connectivity index (χ2v) is 5.56. The number of rotatable bonds is 1. The maximum Gasteiger partial charge on any atom is 0.290 e. The summed E-state index contributed by atoms with van der Waals surface area (Å²) in [5, 5.41) is 4.17. The van der Waals surface area contributed by atoms with Crippen molar-refractivity contribution in [1.82, 2.24) is 10.2 Å². The van der Waals surface area contributed by atoms with Crippen molar-refractivity contribution in [3.05, 3.63) is 34.5 Å². The largest absolute Gasteiger partial charge is 0.451 e. The molecule has 0 spiro atoms. The third kappa shape index (κ3) is 2.61. The van der Waals surface area contributed by atoms with E-state index in [1.807, 2.05) is 6.92 Å². The van der Waals surface area contributed by atoms with Crippen LogP contribution in [0.25, 0.3) is 11.0 Å². The van der Waals surface area contributed by atoms with Crippen molar-refractivity contribution < 1.29 is 14.0 Å². The van der Waals surface area contributed by atoms with Gasteiger partial charge in [0.05, 0.1) is 6.54 Å². The van der Waals surface area contributed by atoms with E-state index >= 15 is 0 Å². The van der Waals surface area contributed by atoms with Crippen LogP contribution in [0.15, 0.2) is 22.6 Å². The fraction of sp³-hybridized carbons (Fsp3) is 0.333. The number of aryl methyl sites for hydroxylation is 1. The lowest BCUT2D eigenvalue weighted by molar-refractivity contribution is -0.121. The van der Waals surface area contributed by atoms with Gasteiger partial charge in [-0.05, 0) is 31.5 Å². The molecule has 1 aromatic carbocycles. The average molecular weight is 307 g/mol. The van der Waals surface area contributed by atoms with Crippen molar-refractivity contribution in [1.29, 1.82) is 0 Å². The third-order valence-corrected chi connectivity index (χ3v) is 3.88. The highest BCUT2D eigenvalue weighted by atomic mass is 35.5. The van der Waals surface area contributed by atoms with Crippen molar-refractivity contribution in [2.24, 2.45) is 0 Å². The molecule has 2 heterocycles. The summed E-state index contributed by atoms with van der Waals surface area (Å²) in [6.07, 6.45) is 0.739. The predicted octanol–water partition coefficient (Wildman–Crippen LogP) is 2.36. The lowest BCUT2D eigenvalue weighted by Gasteiger charge is -2.17. The van der Waals surface area contributed by atoms with Gasteiger partial charge in [-0.2, -0.15) is 0 Å². The predicted molar refractivity (Wildman–Crippen MR) is 79.5 cm³/mol. The fourth-order valence-electron chi connectivity index (χ4n) is 2.52. The number of furan rings is 1. The minimum Gasteiger partial charge on any atom is -0.451 e. The van der Waals surface area contributed by atoms with E-state index in [-0.39, 0.29) is 24.1 Å². The second-order valence-electron chi connectivity index (χ2n) is 5.13. The molecule has 1 saturated heterocycles. The Bertz CT molecular complexity index is 723. The van der Waals surface area contributed by atoms with E-state index < -0.39 is 0 Å². The van der Waals surface area contributed by atoms with Crippen LogP contribution in [0.5, 0.6) is 0 Å². The SMILES string of the molecule is Cc1c(C(=O)N2CCCNC(=O)C2)oc2ccc(Cl)cc12. The van der Waals surface area contributed by atoms with E-state index in [2.05, 4.69) is 5.32 Å². The topological polar surface area (TPSA) is 62.6 Å². The quantitative estimate of drug-likeness (QED) is 0.879. The zero-order valence-electron chi connectivity index (χ0n) is 11.6. The lowest BCUT2D eigenvalue weighted by atomic mass is 10.1. The Morgan fingerprint density at radius 1 is 1.43 bits per heavy atom. The van der Waals surface area contributed by atoms with Gasteiger partial charge in [-0.1, -0.05) is 11.6 Å². The summed E-state index contributed by atoms with van der Waals surface area (Å²) in [6, 6.07) is 5.25. The molecule has 6 heteroatoms. The Morgan fingerprint density at radius 2 is 2.24 bits per heavy atom. The van der Waals surface area contributed by atoms with Crippen LogP contribution in [0.2, 0.25) is 5.02 Å². The zero-order chi connectivity index (χ0) is 15.0. The molecule has 1 fully saturated rings. The first-order valence-corrected chi connectivity index (χ1v) is 7.18. The van der Waals surface area contributed by atoms with Crippen LogP contribution in [0.1, 0.15) is 22.5 Å². The van der Waals surface area contributed by atoms with Gasteiger partial charge in [0.1, 0.15) is 5.58 Å². The van der Waals surface area contributed by atoms with Gasteiger partial charge >= 0.3 is 0 Å². The summed E-state index contributed by atoms with van der Waals surface area (Å²) >= 11 is 5.98. The molecule has 2 amide bonds. The molecule has 0 atom stereocenters. The van der Waals surface area contributed by atoms with E-state index in [0.717, 1.165) is 17.4 Å². The molecule has 1 aromatic heterocycles. The van der Waals surface area contributed by atoms with Crippen LogP contribution in [0.3, 0.4) is 0 Å². The number of halogens is 1. The molecule has 21 heavy (non-hydrogen) atoms. The standard InChI is InChI=1S/C15H15ClN2O3/c1-9-11-7-10(16)3-4-12(11)21-14(9)15(20)18-6-2-5-17-13(19)8-18/h3-4,7H,2,5-6,8H2,1H3,(H,17,19). The van der Waals surface area contributed by atoms with Crippen LogP contribution in [-0.4, -0.2) is 36.3 Å². The van der Waals surface area contributed by atoms with Crippen LogP contribution >= 0.6 is 11.6 Å². The summed E-state index contributed by atoms with van der Waals surface area (Å²) in [7, 11) is 0. The molecule has 0 bridgehead atoms. The number of benzene rings is 1. The summed E-state index contributed by atoms with van der Waals surface area (Å²) < 4.78 is 5.66. The van der Waals surface area contributed by atoms with E-state index in [1.165, 1.54) is 4.90 Å². The van der Waals surface area contributed by atoms with Crippen molar-refractivity contribution in [2.45, 2.75) is 13.3 Å². The maximum absolute atomic E-state index is 12.6. The first-order valence-electron chi connectivity index (χ1n) is 6.81. The molecule has 3 rings (SSSR count). The number of hydrogen-bond acceptors (Lipinski definition) is 3. The molecule has 0 radical (unpaired) electrons. The summed E-state index contributed by atoms with van der Waals surface area (Å²) in [6.45, 7) is 3.02. The fourth-order valence-corrected chi connectivity index (χ4v) is 2.69. The summed E-state index contributed by atoms with van der Waals surface area (Å²) in [5.74, 6) is -0.114. The first kappa shape index (κ1) is 13.9. The molecule has 0 saturated carbocycles. The minimum atomic E-state index is -0.253. The molecule has 2 aromatic rings. The van der Waals surface area contributed by atoms with Crippen molar-refractivity contribution >= 4 is 34.4 Å². The van der Waals surface area contributed by atoms with E-state index in [4.69, 9.17) is 16.0 Å². The maximum atomic E-state index is 12.6. The number of hydrogen-bond donors (Lipinski definition) is 1. The molecule has 1 aliphatic rings. The molecular weight excluding hydrogens is 292 g/mol. The number of nitrogens with zero attached hydrogens (tertiary/aromatic N) is 1. The van der Waals surface area contributed by atoms with Crippen molar-refractivity contribution in [2.75, 3.05) is 19.6 Å². The van der Waals surface area contributed by atoms with Gasteiger partial charge in [-0.25, -0.2) is 0 Å². The third-order valence-electron chi connectivity index (χ3n) is 3.64. The van der Waals surface area contributed by atoms with Gasteiger partial charge in [0.25, 0.3) is 5.91 Å². The summed E-state index contributed by atoms with van der Waals surface area (Å²) in [4.78, 5) is 25.7. The highest BCUT2D eigenvalue weighted by molar-refractivity contribution is 6.31. The van der Waals surface area contributed by atoms with Gasteiger partial charge in [-0.3, -0.25) is 9.59 Å². The number of carbonyl (C=O) groups excluding carboxylic acids is 2. The van der Waals surface area contributed by atoms with Gasteiger partial charge in [0.2, 0.25) is 5.91 Å². The molecule has 5 nitrogen and oxygen atoms in total. The minimum absolute atomic E-state index is 0.0656. The Kier molecular flexibility index (Phi) is 3.59. The highest BCUT2D eigenvalue weighted by Crippen LogP contribution is 2.28. The lowest BCUT2D eigenvalue weighted by Crippen LogP contribution is -2.37. The normalized spacial score (nSPS) is 15.9. The van der Waals surface area contributed by atoms with Crippen molar-refractivity contribution in [3.8, 4) is 0 Å². The Hall–Kier alpha value is -2.01. The Morgan fingerprint density at radius 3 is 3.05 bits per heavy atom. The monoisotopic (exact) mass is 306 g/mol. The number of fused-ring (bicyclic) bond motifs is 1. The molecule has 1 N–H and O–H groups in total. The van der Waals surface area contributed by atoms with E-state index in [1.54, 1.807) is 18.2 Å². The zero-order valence-corrected chi connectivity index (χ0v) is 12.4. The number of nitrogens with one attached hydrogen (secondary N) is 1. The van der Waals surface area contributed by atoms with Gasteiger partial charge in [0.15, 0.2) is 5.76 Å². The van der Waals surface area contributed by atoms with Crippen LogP contribution < -0.4 is 5.32 Å². The first-order chi connectivity index (χ1) is 10.1. The van der Waals surface area contributed by atoms with Crippen LogP contribution in [0, 0.1) is 6.92 Å². The van der Waals surface area contributed by atoms with Gasteiger partial charge < -0.3 is 14.6 Å². The van der Waals surface area contributed by atoms with E-state index in [9.17, 15) is 9.59 Å². The average Bonchev–Trinajstić information content (AvgIpc) is 2.64. The molecule has 110 valence electrons. The number of carbonyl (C=O) groups is 2. The Labute approximate surface area is 126 Å². The van der Waals surface area contributed by atoms with Gasteiger partial charge in [-0.15, -0.1) is 0 Å². The van der Waals surface area contributed by atoms with Crippen molar-refractivity contribution in [3.63, 3.8) is 0 Å². The van der Waals surface area contributed by atoms with E-state index in [0.29, 0.717) is 23.7 Å². The smallest absolute Gasteiger partial charge is 0.290 e. The molecule has 1 aliphatic heterocycles. The molecule has 0 unspecified atom stereocenters.